The van der Waals surface area contributed by atoms with Gasteiger partial charge in [-0.15, -0.1) is 0 Å². The molecule has 1 radical (unpaired) electrons. The Kier molecular flexibility index (Phi) is 7.42. The number of hydrogen-bond acceptors (Lipinski definition) is 1. The lowest BCUT2D eigenvalue weighted by Gasteiger charge is -2.34. The lowest BCUT2D eigenvalue weighted by atomic mass is 10.1. The van der Waals surface area contributed by atoms with Gasteiger partial charge in [-0.2, -0.15) is 0 Å². The van der Waals surface area contributed by atoms with Crippen molar-refractivity contribution in [2.45, 2.75) is 26.3 Å². The van der Waals surface area contributed by atoms with Crippen LogP contribution in [0.5, 0.6) is 0 Å². The molecule has 0 aliphatic heterocycles. The van der Waals surface area contributed by atoms with E-state index in [1.54, 1.807) is 0 Å². The van der Waals surface area contributed by atoms with Gasteiger partial charge in [0.2, 0.25) is 0 Å². The van der Waals surface area contributed by atoms with Gasteiger partial charge < -0.3 is 0 Å². The van der Waals surface area contributed by atoms with Gasteiger partial charge in [0, 0.05) is 15.9 Å². The highest BCUT2D eigenvalue weighted by molar-refractivity contribution is 7.87. The number of hydrogen-bond donors (Lipinski definition) is 0. The molecule has 0 fully saturated rings. The zero-order valence-electron chi connectivity index (χ0n) is 21.8. The molecule has 5 aromatic carbocycles. The summed E-state index contributed by atoms with van der Waals surface area (Å²) in [6.45, 7) is 6.70. The highest BCUT2D eigenvalue weighted by Crippen LogP contribution is 2.48. The fourth-order valence-corrected chi connectivity index (χ4v) is 12.4. The zero-order chi connectivity index (χ0) is 25.7. The Balaban J connectivity index is 1.92. The minimum Gasteiger partial charge on any atom is -0.284 e. The summed E-state index contributed by atoms with van der Waals surface area (Å²) in [5, 5.41) is 8.15. The summed E-state index contributed by atoms with van der Waals surface area (Å²) in [6.07, 6.45) is 0. The molecule has 0 aliphatic carbocycles. The maximum Gasteiger partial charge on any atom is 0.155 e. The van der Waals surface area contributed by atoms with E-state index in [-0.39, 0.29) is 5.54 Å². The summed E-state index contributed by atoms with van der Waals surface area (Å²) < 4.78 is 5.81. The van der Waals surface area contributed by atoms with Gasteiger partial charge in [0.15, 0.2) is 8.80 Å². The summed E-state index contributed by atoms with van der Waals surface area (Å²) in [7, 11) is -3.65. The smallest absolute Gasteiger partial charge is 0.155 e. The van der Waals surface area contributed by atoms with Crippen LogP contribution in [0, 0.1) is 0 Å². The second-order valence-corrected chi connectivity index (χ2v) is 15.6. The van der Waals surface area contributed by atoms with Crippen LogP contribution in [0.3, 0.4) is 0 Å². The normalized spacial score (nSPS) is 11.9. The average molecular weight is 515 g/mol. The van der Waals surface area contributed by atoms with Gasteiger partial charge in [-0.05, 0) is 26.0 Å². The minimum atomic E-state index is -2.36. The molecule has 0 heterocycles. The Morgan fingerprint density at radius 1 is 0.486 bits per heavy atom. The van der Waals surface area contributed by atoms with E-state index in [1.807, 2.05) is 0 Å². The third-order valence-electron chi connectivity index (χ3n) is 6.36. The SMILES string of the molecule is CC(C)(C)N=P(c1ccccc1)(c1ccccc1)c1ccccc1[Si](c1ccccc1)c1ccccc1. The number of benzene rings is 5. The highest BCUT2D eigenvalue weighted by atomic mass is 31.2. The van der Waals surface area contributed by atoms with Crippen LogP contribution in [0.1, 0.15) is 20.8 Å². The van der Waals surface area contributed by atoms with Crippen molar-refractivity contribution in [2.24, 2.45) is 4.74 Å². The summed E-state index contributed by atoms with van der Waals surface area (Å²) in [5.74, 6) is 0. The van der Waals surface area contributed by atoms with Crippen LogP contribution in [-0.2, 0) is 0 Å². The lowest BCUT2D eigenvalue weighted by Crippen LogP contribution is -2.57. The molecule has 0 saturated heterocycles. The quantitative estimate of drug-likeness (QED) is 0.162. The molecule has 5 rings (SSSR count). The molecule has 0 unspecified atom stereocenters. The van der Waals surface area contributed by atoms with E-state index < -0.39 is 15.9 Å². The average Bonchev–Trinajstić information content (AvgIpc) is 2.94. The first-order valence-electron chi connectivity index (χ1n) is 12.8. The van der Waals surface area contributed by atoms with Crippen molar-refractivity contribution >= 4 is 47.3 Å². The van der Waals surface area contributed by atoms with Crippen LogP contribution in [-0.4, -0.2) is 14.3 Å². The Labute approximate surface area is 223 Å². The van der Waals surface area contributed by atoms with E-state index in [1.165, 1.54) is 31.5 Å². The minimum absolute atomic E-state index is 0.223. The summed E-state index contributed by atoms with van der Waals surface area (Å²) in [6, 6.07) is 53.2. The molecule has 0 saturated carbocycles. The molecule has 3 heteroatoms. The largest absolute Gasteiger partial charge is 0.284 e. The van der Waals surface area contributed by atoms with Gasteiger partial charge in [-0.25, -0.2) is 0 Å². The molecule has 0 spiro atoms. The maximum atomic E-state index is 5.81. The molecule has 5 aromatic rings. The summed E-state index contributed by atoms with van der Waals surface area (Å²) in [5.41, 5.74) is -0.223. The first-order valence-corrected chi connectivity index (χ1v) is 16.1. The van der Waals surface area contributed by atoms with Crippen molar-refractivity contribution in [2.75, 3.05) is 0 Å². The number of rotatable bonds is 6. The van der Waals surface area contributed by atoms with Gasteiger partial charge in [0.25, 0.3) is 0 Å². The molecule has 0 amide bonds. The Morgan fingerprint density at radius 2 is 0.865 bits per heavy atom. The molecule has 0 aliphatic rings. The highest BCUT2D eigenvalue weighted by Gasteiger charge is 2.34. The van der Waals surface area contributed by atoms with Crippen molar-refractivity contribution in [3.63, 3.8) is 0 Å². The predicted octanol–water partition coefficient (Wildman–Crippen LogP) is 5.48. The maximum absolute atomic E-state index is 5.81. The third-order valence-corrected chi connectivity index (χ3v) is 13.4. The summed E-state index contributed by atoms with van der Waals surface area (Å²) in [4.78, 5) is 0. The van der Waals surface area contributed by atoms with Crippen LogP contribution in [0.15, 0.2) is 150 Å². The van der Waals surface area contributed by atoms with Crippen LogP contribution < -0.4 is 31.5 Å². The van der Waals surface area contributed by atoms with E-state index in [0.29, 0.717) is 0 Å². The van der Waals surface area contributed by atoms with Crippen molar-refractivity contribution in [1.29, 1.82) is 0 Å². The molecular weight excluding hydrogens is 481 g/mol. The lowest BCUT2D eigenvalue weighted by molar-refractivity contribution is 0.591. The monoisotopic (exact) mass is 514 g/mol. The molecule has 0 N–H and O–H groups in total. The van der Waals surface area contributed by atoms with E-state index in [0.717, 1.165) is 0 Å². The van der Waals surface area contributed by atoms with Gasteiger partial charge >= 0.3 is 0 Å². The summed E-state index contributed by atoms with van der Waals surface area (Å²) >= 11 is 0. The van der Waals surface area contributed by atoms with Crippen LogP contribution in [0.25, 0.3) is 0 Å². The fraction of sp³-hybridized carbons (Fsp3) is 0.118. The molecule has 0 atom stereocenters. The predicted molar refractivity (Wildman–Crippen MR) is 165 cm³/mol. The van der Waals surface area contributed by atoms with E-state index in [9.17, 15) is 0 Å². The van der Waals surface area contributed by atoms with E-state index in [4.69, 9.17) is 4.74 Å². The van der Waals surface area contributed by atoms with Gasteiger partial charge in [0.05, 0.1) is 12.6 Å². The van der Waals surface area contributed by atoms with Crippen LogP contribution in [0.4, 0.5) is 0 Å². The van der Waals surface area contributed by atoms with E-state index >= 15 is 0 Å². The van der Waals surface area contributed by atoms with Gasteiger partial charge in [0.1, 0.15) is 0 Å². The Hall–Kier alpha value is -3.45. The first kappa shape index (κ1) is 25.2. The topological polar surface area (TPSA) is 12.4 Å². The Morgan fingerprint density at radius 3 is 1.30 bits per heavy atom. The molecule has 37 heavy (non-hydrogen) atoms. The fourth-order valence-electron chi connectivity index (χ4n) is 4.99. The molecule has 183 valence electrons. The van der Waals surface area contributed by atoms with Gasteiger partial charge in [-0.3, -0.25) is 4.74 Å². The molecule has 0 bridgehead atoms. The van der Waals surface area contributed by atoms with Crippen molar-refractivity contribution in [3.05, 3.63) is 146 Å². The van der Waals surface area contributed by atoms with E-state index in [2.05, 4.69) is 166 Å². The second kappa shape index (κ2) is 10.9. The van der Waals surface area contributed by atoms with Gasteiger partial charge in [-0.1, -0.05) is 156 Å². The van der Waals surface area contributed by atoms with Crippen LogP contribution in [0.2, 0.25) is 0 Å². The van der Waals surface area contributed by atoms with Crippen molar-refractivity contribution in [1.82, 2.24) is 0 Å². The second-order valence-electron chi connectivity index (χ2n) is 10.2. The van der Waals surface area contributed by atoms with Crippen molar-refractivity contribution < 1.29 is 0 Å². The third kappa shape index (κ3) is 5.32. The number of nitrogens with zero attached hydrogens (tertiary/aromatic N) is 1. The Bertz CT molecular complexity index is 1410. The standard InChI is InChI=1S/C34H33NPSi/c1-34(2,3)35-36(28-18-8-4-9-19-28,29-20-10-5-11-21-29)32-26-16-17-27-33(32)37(30-22-12-6-13-23-30)31-24-14-7-15-25-31/h4-27H,1-3H3. The first-order chi connectivity index (χ1) is 18.0. The van der Waals surface area contributed by atoms with Crippen molar-refractivity contribution in [3.8, 4) is 0 Å². The molecule has 1 nitrogen and oxygen atoms in total. The van der Waals surface area contributed by atoms with Crippen LogP contribution >= 0.6 is 7.05 Å². The molecule has 0 aromatic heterocycles. The zero-order valence-corrected chi connectivity index (χ0v) is 23.6. The molecular formula is C34H33NPSi.